The molecule has 0 aliphatic heterocycles. The molecule has 0 aliphatic carbocycles. The van der Waals surface area contributed by atoms with Crippen LogP contribution >= 0.6 is 14.5 Å². The highest BCUT2D eigenvalue weighted by molar-refractivity contribution is 7.95. The highest BCUT2D eigenvalue weighted by atomic mass is 31.2. The van der Waals surface area contributed by atoms with Gasteiger partial charge in [0.15, 0.2) is 0 Å². The second-order valence-corrected chi connectivity index (χ2v) is 24.9. The van der Waals surface area contributed by atoms with E-state index < -0.39 is 26.5 Å². The van der Waals surface area contributed by atoms with E-state index in [0.717, 1.165) is 26.2 Å². The minimum atomic E-state index is -1.85. The lowest BCUT2D eigenvalue weighted by Gasteiger charge is -2.28. The molecule has 0 bridgehead atoms. The Hall–Kier alpha value is -6.44. The first-order valence-corrected chi connectivity index (χ1v) is 27.0. The van der Waals surface area contributed by atoms with Gasteiger partial charge >= 0.3 is 0 Å². The third-order valence-corrected chi connectivity index (χ3v) is 20.7. The zero-order valence-corrected chi connectivity index (χ0v) is 43.2. The van der Waals surface area contributed by atoms with Gasteiger partial charge in [0.05, 0.1) is 12.3 Å². The molecule has 68 heavy (non-hydrogen) atoms. The largest absolute Gasteiger partial charge is 0.550 e. The predicted molar refractivity (Wildman–Crippen MR) is 290 cm³/mol. The van der Waals surface area contributed by atoms with Crippen molar-refractivity contribution in [2.75, 3.05) is 0 Å². The van der Waals surface area contributed by atoms with E-state index in [1.54, 1.807) is 0 Å². The van der Waals surface area contributed by atoms with Gasteiger partial charge in [0.1, 0.15) is 46.4 Å². The highest BCUT2D eigenvalue weighted by Gasteiger charge is 2.46. The van der Waals surface area contributed by atoms with Crippen LogP contribution in [0.4, 0.5) is 0 Å². The van der Waals surface area contributed by atoms with Gasteiger partial charge in [-0.1, -0.05) is 166 Å². The van der Waals surface area contributed by atoms with E-state index in [-0.39, 0.29) is 0 Å². The number of aryl methyl sites for hydroxylation is 8. The average Bonchev–Trinajstić information content (AvgIpc) is 3.30. The molecule has 6 heteroatoms. The van der Waals surface area contributed by atoms with Crippen molar-refractivity contribution in [3.05, 3.63) is 250 Å². The number of carboxylic acids is 2. The lowest BCUT2D eigenvalue weighted by Crippen LogP contribution is -2.32. The van der Waals surface area contributed by atoms with Crippen LogP contribution in [0.1, 0.15) is 69.5 Å². The van der Waals surface area contributed by atoms with Crippen molar-refractivity contribution in [1.82, 2.24) is 0 Å². The minimum Gasteiger partial charge on any atom is -0.550 e. The van der Waals surface area contributed by atoms with Gasteiger partial charge in [-0.3, -0.25) is 0 Å². The summed E-state index contributed by atoms with van der Waals surface area (Å²) in [5.74, 6) is -2.17. The average molecular weight is 937 g/mol. The molecule has 0 aromatic heterocycles. The van der Waals surface area contributed by atoms with Crippen molar-refractivity contribution in [2.24, 2.45) is 0 Å². The summed E-state index contributed by atoms with van der Waals surface area (Å²) in [4.78, 5) is 17.8. The molecular weight excluding hydrogens is 871 g/mol. The summed E-state index contributed by atoms with van der Waals surface area (Å²) in [6, 6.07) is 73.7. The van der Waals surface area contributed by atoms with Crippen LogP contribution in [0.25, 0.3) is 0 Å². The topological polar surface area (TPSA) is 80.3 Å². The molecule has 0 unspecified atom stereocenters. The minimum absolute atomic E-state index is 0.972. The number of carbonyl (C=O) groups excluding carboxylic acids is 2. The summed E-state index contributed by atoms with van der Waals surface area (Å²) in [6.45, 7) is 19.3. The van der Waals surface area contributed by atoms with Crippen molar-refractivity contribution < 1.29 is 19.8 Å². The van der Waals surface area contributed by atoms with E-state index in [1.165, 1.54) is 87.5 Å². The summed E-state index contributed by atoms with van der Waals surface area (Å²) in [6.07, 6.45) is 2.06. The summed E-state index contributed by atoms with van der Waals surface area (Å²) < 4.78 is 0. The Balaban J connectivity index is 0.000000220. The van der Waals surface area contributed by atoms with Gasteiger partial charge in [0.2, 0.25) is 0 Å². The van der Waals surface area contributed by atoms with E-state index in [4.69, 9.17) is 19.8 Å². The SMILES string of the molecule is CC(=O)[O-].CC(=O)[O-].Cc1ccc(C[P+](c2ccc(C)cc2)(c2ccc(C)cc2)c2ccc(C)cc2)cc1.Cc1ccc(C[P+](c2ccc(C)cc2)(c2ccc(C)cc2)c2ccc(C)cc2)cc1. The number of carboxylic acid groups (broad SMARTS) is 2. The zero-order chi connectivity index (χ0) is 49.4. The van der Waals surface area contributed by atoms with Crippen LogP contribution in [0.5, 0.6) is 0 Å². The molecule has 0 radical (unpaired) electrons. The molecule has 0 aliphatic rings. The van der Waals surface area contributed by atoms with Crippen LogP contribution in [-0.2, 0) is 21.9 Å². The first kappa shape index (κ1) is 52.5. The number of benzene rings is 8. The Labute approximate surface area is 407 Å². The predicted octanol–water partition coefficient (Wildman–Crippen LogP) is 10.3. The first-order chi connectivity index (χ1) is 32.4. The molecule has 0 fully saturated rings. The van der Waals surface area contributed by atoms with Crippen LogP contribution in [0.3, 0.4) is 0 Å². The standard InChI is InChI=1S/2C29H30P.2C2H4O2/c2*1-22-5-13-26(14-6-22)21-30(27-15-7-23(2)8-16-27,28-17-9-24(3)10-18-28)29-19-11-25(4)12-20-29;2*1-2(3)4/h2*5-20H,21H2,1-4H3;2*1H3,(H,3,4)/q2*+1;;/p-2. The molecule has 0 amide bonds. The van der Waals surface area contributed by atoms with Gasteiger partial charge in [-0.15, -0.1) is 0 Å². The van der Waals surface area contributed by atoms with Gasteiger partial charge in [-0.25, -0.2) is 0 Å². The molecule has 8 aromatic rings. The number of aliphatic carboxylic acids is 2. The maximum absolute atomic E-state index is 8.89. The fraction of sp³-hybridized carbons (Fsp3) is 0.194. The van der Waals surface area contributed by atoms with E-state index in [9.17, 15) is 0 Å². The Morgan fingerprint density at radius 2 is 0.397 bits per heavy atom. The van der Waals surface area contributed by atoms with Crippen molar-refractivity contribution in [2.45, 2.75) is 81.6 Å². The van der Waals surface area contributed by atoms with Crippen LogP contribution in [0.15, 0.2) is 194 Å². The molecule has 0 N–H and O–H groups in total. The van der Waals surface area contributed by atoms with Crippen molar-refractivity contribution in [1.29, 1.82) is 0 Å². The van der Waals surface area contributed by atoms with Crippen molar-refractivity contribution >= 4 is 58.3 Å². The molecule has 0 heterocycles. The third-order valence-electron chi connectivity index (χ3n) is 11.9. The molecule has 0 saturated carbocycles. The third kappa shape index (κ3) is 14.3. The van der Waals surface area contributed by atoms with Gasteiger partial charge < -0.3 is 19.8 Å². The van der Waals surface area contributed by atoms with E-state index in [2.05, 4.69) is 250 Å². The van der Waals surface area contributed by atoms with Gasteiger partial charge in [0.25, 0.3) is 0 Å². The maximum atomic E-state index is 8.89. The zero-order valence-electron chi connectivity index (χ0n) is 41.4. The Bertz CT molecular complexity index is 2380. The number of rotatable bonds is 10. The molecule has 348 valence electrons. The Morgan fingerprint density at radius 3 is 0.529 bits per heavy atom. The van der Waals surface area contributed by atoms with Crippen molar-refractivity contribution in [3.8, 4) is 0 Å². The molecule has 0 saturated heterocycles. The van der Waals surface area contributed by atoms with Crippen molar-refractivity contribution in [3.63, 3.8) is 0 Å². The van der Waals surface area contributed by atoms with Gasteiger partial charge in [0, 0.05) is 11.9 Å². The molecule has 4 nitrogen and oxygen atoms in total. The summed E-state index contributed by atoms with van der Waals surface area (Å²) >= 11 is 0. The fourth-order valence-corrected chi connectivity index (χ4v) is 16.5. The number of hydrogen-bond donors (Lipinski definition) is 0. The number of hydrogen-bond acceptors (Lipinski definition) is 4. The maximum Gasteiger partial charge on any atom is 0.116 e. The lowest BCUT2D eigenvalue weighted by molar-refractivity contribution is -0.303. The molecular formula is C62H66O4P2. The second kappa shape index (κ2) is 24.5. The van der Waals surface area contributed by atoms with E-state index >= 15 is 0 Å². The van der Waals surface area contributed by atoms with E-state index in [1.807, 2.05) is 0 Å². The van der Waals surface area contributed by atoms with Gasteiger partial charge in [-0.05, 0) is 153 Å². The number of carbonyl (C=O) groups is 2. The Kier molecular flexibility index (Phi) is 19.0. The highest BCUT2D eigenvalue weighted by Crippen LogP contribution is 2.59. The van der Waals surface area contributed by atoms with Gasteiger partial charge in [-0.2, -0.15) is 0 Å². The molecule has 0 spiro atoms. The quantitative estimate of drug-likeness (QED) is 0.128. The fourth-order valence-electron chi connectivity index (χ4n) is 8.17. The lowest BCUT2D eigenvalue weighted by atomic mass is 10.2. The second-order valence-electron chi connectivity index (χ2n) is 17.9. The van der Waals surface area contributed by atoms with Crippen LogP contribution in [-0.4, -0.2) is 11.9 Å². The molecule has 8 aromatic carbocycles. The Morgan fingerprint density at radius 1 is 0.279 bits per heavy atom. The normalized spacial score (nSPS) is 10.9. The summed E-state index contributed by atoms with van der Waals surface area (Å²) in [5, 5.41) is 26.5. The van der Waals surface area contributed by atoms with E-state index in [0.29, 0.717) is 0 Å². The van der Waals surface area contributed by atoms with Crippen LogP contribution in [0.2, 0.25) is 0 Å². The molecule has 8 rings (SSSR count). The summed E-state index contributed by atoms with van der Waals surface area (Å²) in [7, 11) is -3.70. The first-order valence-electron chi connectivity index (χ1n) is 23.1. The summed E-state index contributed by atoms with van der Waals surface area (Å²) in [5.41, 5.74) is 13.2. The monoisotopic (exact) mass is 936 g/mol. The molecule has 0 atom stereocenters. The van der Waals surface area contributed by atoms with Crippen LogP contribution in [0, 0.1) is 55.4 Å². The smallest absolute Gasteiger partial charge is 0.116 e. The van der Waals surface area contributed by atoms with Crippen LogP contribution < -0.4 is 42.0 Å².